The lowest BCUT2D eigenvalue weighted by Gasteiger charge is -2.11. The van der Waals surface area contributed by atoms with Gasteiger partial charge in [-0.15, -0.1) is 0 Å². The summed E-state index contributed by atoms with van der Waals surface area (Å²) in [5.41, 5.74) is 8.16. The minimum atomic E-state index is 0.367. The highest BCUT2D eigenvalue weighted by molar-refractivity contribution is 6.37. The number of nitrogens with one attached hydrogen (secondary N) is 1. The Hall–Kier alpha value is -2.21. The molecule has 146 valence electrons. The van der Waals surface area contributed by atoms with Crippen LogP contribution in [-0.4, -0.2) is 16.5 Å². The second-order valence-electron chi connectivity index (χ2n) is 6.07. The zero-order valence-corrected chi connectivity index (χ0v) is 17.4. The third-order valence-electron chi connectivity index (χ3n) is 4.07. The van der Waals surface area contributed by atoms with Gasteiger partial charge in [-0.1, -0.05) is 53.9 Å². The number of nitrogen functional groups attached to an aromatic ring is 1. The van der Waals surface area contributed by atoms with E-state index in [-0.39, 0.29) is 0 Å². The van der Waals surface area contributed by atoms with Gasteiger partial charge in [-0.3, -0.25) is 0 Å². The molecule has 1 aromatic heterocycles. The summed E-state index contributed by atoms with van der Waals surface area (Å²) in [6.45, 7) is 2.70. The standard InChI is InChI=1S/C20H19Cl3N4O/c1-2-17-18(23)20(27-11-26-17)25-8-7-12-3-5-14(6-4-12)28-19-15(21)9-13(24)10-16(19)22/h3-6,9-11H,2,7-8,24H2,1H3,(H,25,26,27). The molecule has 3 rings (SSSR count). The molecule has 0 spiro atoms. The molecule has 0 atom stereocenters. The summed E-state index contributed by atoms with van der Waals surface area (Å²) in [6, 6.07) is 10.9. The van der Waals surface area contributed by atoms with Crippen LogP contribution in [0.3, 0.4) is 0 Å². The molecule has 0 aliphatic heterocycles. The highest BCUT2D eigenvalue weighted by Crippen LogP contribution is 2.38. The van der Waals surface area contributed by atoms with Gasteiger partial charge in [0.25, 0.3) is 0 Å². The molecule has 1 heterocycles. The van der Waals surface area contributed by atoms with Crippen molar-refractivity contribution in [1.29, 1.82) is 0 Å². The molecule has 0 bridgehead atoms. The molecule has 5 nitrogen and oxygen atoms in total. The van der Waals surface area contributed by atoms with E-state index in [4.69, 9.17) is 45.3 Å². The van der Waals surface area contributed by atoms with Crippen LogP contribution in [-0.2, 0) is 12.8 Å². The van der Waals surface area contributed by atoms with E-state index in [0.717, 1.165) is 24.1 Å². The molecule has 0 saturated carbocycles. The Kier molecular flexibility index (Phi) is 6.83. The maximum absolute atomic E-state index is 6.29. The highest BCUT2D eigenvalue weighted by atomic mass is 35.5. The Morgan fingerprint density at radius 1 is 1.04 bits per heavy atom. The highest BCUT2D eigenvalue weighted by Gasteiger charge is 2.10. The molecular formula is C20H19Cl3N4O. The van der Waals surface area contributed by atoms with E-state index in [0.29, 0.717) is 44.6 Å². The third kappa shape index (κ3) is 4.98. The van der Waals surface area contributed by atoms with Gasteiger partial charge in [0.15, 0.2) is 5.75 Å². The Bertz CT molecular complexity index is 941. The van der Waals surface area contributed by atoms with Crippen LogP contribution in [0.4, 0.5) is 11.5 Å². The van der Waals surface area contributed by atoms with Gasteiger partial charge in [-0.05, 0) is 42.7 Å². The number of hydrogen-bond acceptors (Lipinski definition) is 5. The van der Waals surface area contributed by atoms with Gasteiger partial charge >= 0.3 is 0 Å². The van der Waals surface area contributed by atoms with E-state index in [1.807, 2.05) is 31.2 Å². The first kappa shape index (κ1) is 20.5. The molecular weight excluding hydrogens is 419 g/mol. The molecule has 8 heteroatoms. The van der Waals surface area contributed by atoms with Crippen LogP contribution in [0.5, 0.6) is 11.5 Å². The van der Waals surface area contributed by atoms with Crippen molar-refractivity contribution in [3.8, 4) is 11.5 Å². The van der Waals surface area contributed by atoms with E-state index < -0.39 is 0 Å². The van der Waals surface area contributed by atoms with Crippen molar-refractivity contribution in [2.24, 2.45) is 0 Å². The van der Waals surface area contributed by atoms with Gasteiger partial charge in [0.2, 0.25) is 0 Å². The fourth-order valence-electron chi connectivity index (χ4n) is 2.62. The van der Waals surface area contributed by atoms with Crippen LogP contribution in [0, 0.1) is 0 Å². The molecule has 0 unspecified atom stereocenters. The Labute approximate surface area is 178 Å². The maximum atomic E-state index is 6.29. The molecule has 0 saturated heterocycles. The predicted octanol–water partition coefficient (Wildman–Crippen LogP) is 6.03. The minimum Gasteiger partial charge on any atom is -0.454 e. The first-order valence-electron chi connectivity index (χ1n) is 8.72. The number of hydrogen-bond donors (Lipinski definition) is 2. The van der Waals surface area contributed by atoms with Crippen LogP contribution >= 0.6 is 34.8 Å². The quantitative estimate of drug-likeness (QED) is 0.442. The molecule has 0 aliphatic rings. The normalized spacial score (nSPS) is 10.7. The van der Waals surface area contributed by atoms with Crippen molar-refractivity contribution in [3.05, 3.63) is 69.1 Å². The second-order valence-corrected chi connectivity index (χ2v) is 7.27. The van der Waals surface area contributed by atoms with Crippen molar-refractivity contribution >= 4 is 46.3 Å². The summed E-state index contributed by atoms with van der Waals surface area (Å²) < 4.78 is 5.80. The first-order valence-corrected chi connectivity index (χ1v) is 9.86. The Morgan fingerprint density at radius 3 is 2.36 bits per heavy atom. The number of rotatable bonds is 7. The SMILES string of the molecule is CCc1ncnc(NCCc2ccc(Oc3c(Cl)cc(N)cc3Cl)cc2)c1Cl. The van der Waals surface area contributed by atoms with Gasteiger partial charge in [0, 0.05) is 12.2 Å². The van der Waals surface area contributed by atoms with Crippen molar-refractivity contribution < 1.29 is 4.74 Å². The van der Waals surface area contributed by atoms with Crippen molar-refractivity contribution in [3.63, 3.8) is 0 Å². The number of nitrogens with two attached hydrogens (primary N) is 1. The summed E-state index contributed by atoms with van der Waals surface area (Å²) in [5, 5.41) is 4.56. The third-order valence-corrected chi connectivity index (χ3v) is 5.03. The van der Waals surface area contributed by atoms with Crippen molar-refractivity contribution in [2.75, 3.05) is 17.6 Å². The molecule has 3 N–H and O–H groups in total. The molecule has 0 amide bonds. The number of benzene rings is 2. The lowest BCUT2D eigenvalue weighted by atomic mass is 10.1. The molecule has 0 aliphatic carbocycles. The summed E-state index contributed by atoms with van der Waals surface area (Å²) in [4.78, 5) is 8.36. The smallest absolute Gasteiger partial charge is 0.164 e. The topological polar surface area (TPSA) is 73.1 Å². The number of aryl methyl sites for hydroxylation is 1. The van der Waals surface area contributed by atoms with Gasteiger partial charge in [-0.25, -0.2) is 9.97 Å². The number of nitrogens with zero attached hydrogens (tertiary/aromatic N) is 2. The lowest BCUT2D eigenvalue weighted by molar-refractivity contribution is 0.483. The molecule has 0 radical (unpaired) electrons. The lowest BCUT2D eigenvalue weighted by Crippen LogP contribution is -2.08. The van der Waals surface area contributed by atoms with E-state index in [1.165, 1.54) is 6.33 Å². The molecule has 28 heavy (non-hydrogen) atoms. The molecule has 3 aromatic rings. The monoisotopic (exact) mass is 436 g/mol. The number of ether oxygens (including phenoxy) is 1. The van der Waals surface area contributed by atoms with E-state index in [2.05, 4.69) is 15.3 Å². The van der Waals surface area contributed by atoms with Gasteiger partial charge < -0.3 is 15.8 Å². The van der Waals surface area contributed by atoms with Gasteiger partial charge in [0.05, 0.1) is 15.7 Å². The van der Waals surface area contributed by atoms with Gasteiger partial charge in [0.1, 0.15) is 22.9 Å². The fourth-order valence-corrected chi connectivity index (χ4v) is 3.50. The largest absolute Gasteiger partial charge is 0.454 e. The predicted molar refractivity (Wildman–Crippen MR) is 116 cm³/mol. The molecule has 2 aromatic carbocycles. The van der Waals surface area contributed by atoms with Crippen LogP contribution in [0.1, 0.15) is 18.2 Å². The number of aromatic nitrogens is 2. The average molecular weight is 438 g/mol. The van der Waals surface area contributed by atoms with Gasteiger partial charge in [-0.2, -0.15) is 0 Å². The van der Waals surface area contributed by atoms with Crippen LogP contribution < -0.4 is 15.8 Å². The average Bonchev–Trinajstić information content (AvgIpc) is 2.67. The maximum Gasteiger partial charge on any atom is 0.164 e. The summed E-state index contributed by atoms with van der Waals surface area (Å²) in [7, 11) is 0. The first-order chi connectivity index (χ1) is 13.5. The Morgan fingerprint density at radius 2 is 1.71 bits per heavy atom. The van der Waals surface area contributed by atoms with E-state index in [1.54, 1.807) is 12.1 Å². The minimum absolute atomic E-state index is 0.367. The number of anilines is 2. The summed E-state index contributed by atoms with van der Waals surface area (Å²) in [5.74, 6) is 1.68. The zero-order valence-electron chi connectivity index (χ0n) is 15.2. The van der Waals surface area contributed by atoms with Crippen LogP contribution in [0.25, 0.3) is 0 Å². The van der Waals surface area contributed by atoms with E-state index >= 15 is 0 Å². The van der Waals surface area contributed by atoms with Crippen molar-refractivity contribution in [2.45, 2.75) is 19.8 Å². The van der Waals surface area contributed by atoms with E-state index in [9.17, 15) is 0 Å². The zero-order chi connectivity index (χ0) is 20.1. The number of halogens is 3. The molecule has 0 fully saturated rings. The van der Waals surface area contributed by atoms with Crippen molar-refractivity contribution in [1.82, 2.24) is 9.97 Å². The van der Waals surface area contributed by atoms with Crippen LogP contribution in [0.2, 0.25) is 15.1 Å². The summed E-state index contributed by atoms with van der Waals surface area (Å²) in [6.07, 6.45) is 3.08. The second kappa shape index (κ2) is 9.32. The Balaban J connectivity index is 1.60. The van der Waals surface area contributed by atoms with Crippen LogP contribution in [0.15, 0.2) is 42.7 Å². The summed E-state index contributed by atoms with van der Waals surface area (Å²) >= 11 is 18.6. The fraction of sp³-hybridized carbons (Fsp3) is 0.200.